The Morgan fingerprint density at radius 3 is 1.87 bits per heavy atom. The van der Waals surface area contributed by atoms with E-state index in [1.165, 1.54) is 55.3 Å². The lowest BCUT2D eigenvalue weighted by molar-refractivity contribution is 0.669. The molecule has 1 heterocycles. The molecule has 260 valence electrons. The summed E-state index contributed by atoms with van der Waals surface area (Å²) in [7, 11) is 0. The van der Waals surface area contributed by atoms with Crippen LogP contribution < -0.4 is 4.90 Å². The summed E-state index contributed by atoms with van der Waals surface area (Å²) < 4.78 is 6.83. The monoisotopic (exact) mass is 703 g/mol. The third-order valence-electron chi connectivity index (χ3n) is 11.8. The fraction of sp³-hybridized carbons (Fsp3) is 0.0566. The lowest BCUT2D eigenvalue weighted by Gasteiger charge is -2.34. The van der Waals surface area contributed by atoms with Gasteiger partial charge in [-0.1, -0.05) is 164 Å². The molecule has 0 unspecified atom stereocenters. The number of allylic oxidation sites excluding steroid dienone is 4. The highest BCUT2D eigenvalue weighted by Crippen LogP contribution is 2.56. The van der Waals surface area contributed by atoms with E-state index < -0.39 is 5.41 Å². The summed E-state index contributed by atoms with van der Waals surface area (Å²) in [5.74, 6) is 0. The first-order valence-corrected chi connectivity index (χ1v) is 19.2. The third kappa shape index (κ3) is 4.81. The molecule has 0 spiro atoms. The van der Waals surface area contributed by atoms with Gasteiger partial charge in [-0.3, -0.25) is 0 Å². The number of rotatable bonds is 6. The largest absolute Gasteiger partial charge is 0.454 e. The fourth-order valence-electron chi connectivity index (χ4n) is 9.40. The molecule has 2 nitrogen and oxygen atoms in total. The van der Waals surface area contributed by atoms with Crippen molar-refractivity contribution in [2.75, 3.05) is 4.90 Å². The van der Waals surface area contributed by atoms with Gasteiger partial charge in [0.1, 0.15) is 5.58 Å². The summed E-state index contributed by atoms with van der Waals surface area (Å²) in [4.78, 5) is 2.36. The molecule has 0 amide bonds. The lowest BCUT2D eigenvalue weighted by Crippen LogP contribution is -2.28. The Labute approximate surface area is 320 Å². The second-order valence-electron chi connectivity index (χ2n) is 14.7. The van der Waals surface area contributed by atoms with E-state index in [1.54, 1.807) is 0 Å². The summed E-state index contributed by atoms with van der Waals surface area (Å²) >= 11 is 0. The number of para-hydroxylation sites is 1. The van der Waals surface area contributed by atoms with E-state index in [2.05, 4.69) is 205 Å². The molecule has 0 bridgehead atoms. The van der Waals surface area contributed by atoms with Crippen LogP contribution in [0.15, 0.2) is 205 Å². The first-order valence-electron chi connectivity index (χ1n) is 19.2. The van der Waals surface area contributed by atoms with Gasteiger partial charge in [0.25, 0.3) is 0 Å². The highest BCUT2D eigenvalue weighted by atomic mass is 16.3. The minimum Gasteiger partial charge on any atom is -0.454 e. The number of hydrogen-bond donors (Lipinski definition) is 0. The molecule has 0 saturated carbocycles. The van der Waals surface area contributed by atoms with Crippen LogP contribution in [-0.4, -0.2) is 0 Å². The first kappa shape index (κ1) is 31.6. The van der Waals surface area contributed by atoms with Crippen LogP contribution in [0.1, 0.15) is 40.7 Å². The van der Waals surface area contributed by atoms with Crippen molar-refractivity contribution in [3.8, 4) is 11.1 Å². The van der Waals surface area contributed by atoms with Crippen molar-refractivity contribution < 1.29 is 4.42 Å². The van der Waals surface area contributed by atoms with Crippen molar-refractivity contribution in [2.45, 2.75) is 18.3 Å². The summed E-state index contributed by atoms with van der Waals surface area (Å²) in [6.07, 6.45) is 8.80. The van der Waals surface area contributed by atoms with Crippen molar-refractivity contribution >= 4 is 55.3 Å². The van der Waals surface area contributed by atoms with E-state index in [9.17, 15) is 0 Å². The zero-order chi connectivity index (χ0) is 36.3. The van der Waals surface area contributed by atoms with Gasteiger partial charge >= 0.3 is 0 Å². The van der Waals surface area contributed by atoms with Crippen molar-refractivity contribution in [2.24, 2.45) is 0 Å². The van der Waals surface area contributed by atoms with Gasteiger partial charge < -0.3 is 9.32 Å². The van der Waals surface area contributed by atoms with Gasteiger partial charge in [0, 0.05) is 22.1 Å². The molecule has 8 aromatic carbocycles. The van der Waals surface area contributed by atoms with Crippen molar-refractivity contribution in [1.29, 1.82) is 0 Å². The Balaban J connectivity index is 1.12. The Bertz CT molecular complexity index is 2920. The van der Waals surface area contributed by atoms with Crippen molar-refractivity contribution in [1.82, 2.24) is 0 Å². The standard InChI is InChI=1S/C53H37NO/c1-3-14-36(15-4-1)37-26-31-41(32-27-37)54(49-25-13-22-46-51-43-19-8-7-16-38(43)28-35-50(51)55-52(46)49)42-33-29-40(30-34-42)53(39-17-5-2-6-18-39)47-23-11-9-20-44(47)45-21-10-12-24-48(45)53/h1-3,5-14,16-35H,4,15H2. The van der Waals surface area contributed by atoms with E-state index in [-0.39, 0.29) is 0 Å². The average molecular weight is 704 g/mol. The maximum absolute atomic E-state index is 6.83. The minimum absolute atomic E-state index is 0.457. The molecule has 1 aromatic heterocycles. The van der Waals surface area contributed by atoms with Crippen LogP contribution in [0.2, 0.25) is 0 Å². The van der Waals surface area contributed by atoms with E-state index in [0.717, 1.165) is 51.8 Å². The predicted molar refractivity (Wildman–Crippen MR) is 230 cm³/mol. The molecule has 0 atom stereocenters. The van der Waals surface area contributed by atoms with Gasteiger partial charge in [0.15, 0.2) is 5.58 Å². The Morgan fingerprint density at radius 1 is 0.509 bits per heavy atom. The molecule has 2 heteroatoms. The summed E-state index contributed by atoms with van der Waals surface area (Å²) in [5, 5.41) is 4.68. The molecule has 0 saturated heterocycles. The van der Waals surface area contributed by atoms with Crippen LogP contribution in [0, 0.1) is 0 Å². The Kier molecular flexibility index (Phi) is 7.25. The number of anilines is 3. The molecule has 11 rings (SSSR count). The molecular weight excluding hydrogens is 667 g/mol. The lowest BCUT2D eigenvalue weighted by atomic mass is 9.68. The zero-order valence-electron chi connectivity index (χ0n) is 30.3. The summed E-state index contributed by atoms with van der Waals surface area (Å²) in [6.45, 7) is 0. The number of benzene rings is 8. The molecule has 0 radical (unpaired) electrons. The second-order valence-corrected chi connectivity index (χ2v) is 14.7. The quantitative estimate of drug-likeness (QED) is 0.171. The minimum atomic E-state index is -0.457. The number of furan rings is 1. The van der Waals surface area contributed by atoms with Gasteiger partial charge in [0.2, 0.25) is 0 Å². The van der Waals surface area contributed by atoms with Crippen molar-refractivity contribution in [3.63, 3.8) is 0 Å². The normalized spacial score (nSPS) is 14.2. The van der Waals surface area contributed by atoms with E-state index in [1.807, 2.05) is 0 Å². The molecule has 2 aliphatic carbocycles. The van der Waals surface area contributed by atoms with Crippen LogP contribution in [0.5, 0.6) is 0 Å². The maximum Gasteiger partial charge on any atom is 0.159 e. The zero-order valence-corrected chi connectivity index (χ0v) is 30.3. The average Bonchev–Trinajstić information content (AvgIpc) is 3.80. The molecule has 2 aliphatic rings. The molecule has 0 fully saturated rings. The topological polar surface area (TPSA) is 16.4 Å². The van der Waals surface area contributed by atoms with Crippen LogP contribution in [-0.2, 0) is 5.41 Å². The van der Waals surface area contributed by atoms with Crippen molar-refractivity contribution in [3.05, 3.63) is 228 Å². The summed E-state index contributed by atoms with van der Waals surface area (Å²) in [6, 6.07) is 66.6. The van der Waals surface area contributed by atoms with Gasteiger partial charge in [-0.2, -0.15) is 0 Å². The Morgan fingerprint density at radius 2 is 1.15 bits per heavy atom. The second kappa shape index (κ2) is 12.6. The smallest absolute Gasteiger partial charge is 0.159 e. The maximum atomic E-state index is 6.83. The molecule has 9 aromatic rings. The van der Waals surface area contributed by atoms with Crippen LogP contribution in [0.3, 0.4) is 0 Å². The number of fused-ring (bicyclic) bond motifs is 8. The van der Waals surface area contributed by atoms with Gasteiger partial charge in [-0.05, 0) is 105 Å². The highest BCUT2D eigenvalue weighted by molar-refractivity contribution is 6.21. The van der Waals surface area contributed by atoms with Crippen LogP contribution in [0.25, 0.3) is 49.4 Å². The Hall–Kier alpha value is -6.90. The van der Waals surface area contributed by atoms with Crippen LogP contribution in [0.4, 0.5) is 17.1 Å². The molecular formula is C53H37NO. The van der Waals surface area contributed by atoms with E-state index in [4.69, 9.17) is 4.42 Å². The number of nitrogens with zero attached hydrogens (tertiary/aromatic N) is 1. The predicted octanol–water partition coefficient (Wildman–Crippen LogP) is 14.3. The highest BCUT2D eigenvalue weighted by Gasteiger charge is 2.45. The SMILES string of the molecule is C1=CCCC(c2ccc(N(c3ccc(C4(c5ccccc5)c5ccccc5-c5ccccc54)cc3)c3cccc4c3oc3ccc5ccccc5c34)cc2)=C1. The van der Waals surface area contributed by atoms with Gasteiger partial charge in [-0.25, -0.2) is 0 Å². The third-order valence-corrected chi connectivity index (χ3v) is 11.8. The first-order chi connectivity index (χ1) is 27.3. The van der Waals surface area contributed by atoms with Crippen LogP contribution >= 0.6 is 0 Å². The van der Waals surface area contributed by atoms with E-state index in [0.29, 0.717) is 0 Å². The van der Waals surface area contributed by atoms with Gasteiger partial charge in [-0.15, -0.1) is 0 Å². The van der Waals surface area contributed by atoms with Gasteiger partial charge in [0.05, 0.1) is 11.1 Å². The molecule has 0 aliphatic heterocycles. The summed E-state index contributed by atoms with van der Waals surface area (Å²) in [5.41, 5.74) is 14.8. The number of hydrogen-bond acceptors (Lipinski definition) is 2. The fourth-order valence-corrected chi connectivity index (χ4v) is 9.40. The molecule has 55 heavy (non-hydrogen) atoms. The molecule has 0 N–H and O–H groups in total. The van der Waals surface area contributed by atoms with E-state index >= 15 is 0 Å².